The number of hydrogen-bond acceptors (Lipinski definition) is 6. The van der Waals surface area contributed by atoms with E-state index in [-0.39, 0.29) is 0 Å². The van der Waals surface area contributed by atoms with E-state index in [1.807, 2.05) is 12.4 Å². The van der Waals surface area contributed by atoms with Crippen LogP contribution in [0.5, 0.6) is 0 Å². The highest BCUT2D eigenvalue weighted by atomic mass is 31.1. The number of aromatic nitrogens is 4. The zero-order chi connectivity index (χ0) is 24.2. The lowest BCUT2D eigenvalue weighted by Gasteiger charge is -2.40. The fraction of sp³-hybridized carbons (Fsp3) is 0.560. The van der Waals surface area contributed by atoms with Crippen LogP contribution in [-0.2, 0) is 0 Å². The van der Waals surface area contributed by atoms with Gasteiger partial charge in [-0.15, -0.1) is 0 Å². The van der Waals surface area contributed by atoms with Crippen LogP contribution >= 0.6 is 8.88 Å². The molecule has 0 aromatic carbocycles. The van der Waals surface area contributed by atoms with Crippen molar-refractivity contribution in [3.8, 4) is 0 Å². The average molecular weight is 483 g/mol. The third-order valence-corrected chi connectivity index (χ3v) is 7.59. The molecule has 2 aliphatic rings. The van der Waals surface area contributed by atoms with Crippen molar-refractivity contribution >= 4 is 20.3 Å². The Kier molecular flexibility index (Phi) is 8.02. The molecule has 4 heterocycles. The second-order valence-corrected chi connectivity index (χ2v) is 11.1. The topological polar surface area (TPSA) is 57.7 Å². The minimum atomic E-state index is 0.428. The summed E-state index contributed by atoms with van der Waals surface area (Å²) in [6.45, 7) is 8.71. The molecule has 0 spiro atoms. The molecule has 2 aromatic rings. The zero-order valence-electron chi connectivity index (χ0n) is 21.4. The van der Waals surface area contributed by atoms with Crippen LogP contribution in [0.2, 0.25) is 0 Å². The van der Waals surface area contributed by atoms with Crippen molar-refractivity contribution in [2.75, 3.05) is 34.2 Å². The molecule has 1 saturated heterocycles. The summed E-state index contributed by atoms with van der Waals surface area (Å²) in [5.41, 5.74) is 5.43. The van der Waals surface area contributed by atoms with Crippen LogP contribution in [0.1, 0.15) is 69.7 Å². The van der Waals surface area contributed by atoms with E-state index < -0.39 is 0 Å². The van der Waals surface area contributed by atoms with Gasteiger partial charge in [-0.05, 0) is 33.4 Å². The Morgan fingerprint density at radius 1 is 1.09 bits per heavy atom. The van der Waals surface area contributed by atoms with E-state index in [9.17, 15) is 0 Å². The molecule has 2 aromatic heterocycles. The van der Waals surface area contributed by atoms with Gasteiger partial charge in [-0.1, -0.05) is 26.8 Å². The summed E-state index contributed by atoms with van der Waals surface area (Å²) >= 11 is 0. The highest BCUT2D eigenvalue weighted by Gasteiger charge is 2.29. The molecule has 1 fully saturated rings. The van der Waals surface area contributed by atoms with Crippen molar-refractivity contribution in [1.29, 1.82) is 0 Å². The van der Waals surface area contributed by atoms with Crippen molar-refractivity contribution in [3.05, 3.63) is 53.9 Å². The molecule has 0 aliphatic carbocycles. The van der Waals surface area contributed by atoms with E-state index in [4.69, 9.17) is 10.1 Å². The Hall–Kier alpha value is -2.28. The summed E-state index contributed by atoms with van der Waals surface area (Å²) in [5, 5.41) is 9.39. The predicted octanol–water partition coefficient (Wildman–Crippen LogP) is 4.78. The van der Waals surface area contributed by atoms with E-state index in [1.165, 1.54) is 5.70 Å². The Morgan fingerprint density at radius 3 is 2.50 bits per heavy atom. The van der Waals surface area contributed by atoms with E-state index in [1.54, 1.807) is 0 Å². The molecule has 4 rings (SSSR count). The van der Waals surface area contributed by atoms with Gasteiger partial charge in [0.15, 0.2) is 0 Å². The molecule has 0 bridgehead atoms. The SMILES string of the molecule is CC/C=C1/CC(c2cnn(C(CC)CC)c2)=NC(c2cnn(C3CN(PN(C)C)C3)c2)=CN1C. The fourth-order valence-electron chi connectivity index (χ4n) is 4.54. The number of hydrogen-bond donors (Lipinski definition) is 0. The van der Waals surface area contributed by atoms with Crippen LogP contribution in [0.15, 0.2) is 47.8 Å². The zero-order valence-corrected chi connectivity index (χ0v) is 22.4. The first-order valence-corrected chi connectivity index (χ1v) is 13.3. The van der Waals surface area contributed by atoms with Crippen molar-refractivity contribution in [2.24, 2.45) is 4.99 Å². The minimum Gasteiger partial charge on any atom is -0.352 e. The fourth-order valence-corrected chi connectivity index (χ4v) is 5.69. The monoisotopic (exact) mass is 482 g/mol. The first-order valence-electron chi connectivity index (χ1n) is 12.4. The lowest BCUT2D eigenvalue weighted by molar-refractivity contribution is 0.197. The second-order valence-electron chi connectivity index (χ2n) is 9.41. The number of allylic oxidation sites excluding steroid dienone is 2. The third kappa shape index (κ3) is 5.51. The number of nitrogens with zero attached hydrogens (tertiary/aromatic N) is 8. The first-order chi connectivity index (χ1) is 16.4. The molecule has 8 nitrogen and oxygen atoms in total. The molecule has 2 aliphatic heterocycles. The summed E-state index contributed by atoms with van der Waals surface area (Å²) in [7, 11) is 7.10. The van der Waals surface area contributed by atoms with Crippen molar-refractivity contribution in [2.45, 2.75) is 58.5 Å². The van der Waals surface area contributed by atoms with E-state index in [0.717, 1.165) is 70.2 Å². The predicted molar refractivity (Wildman–Crippen MR) is 142 cm³/mol. The van der Waals surface area contributed by atoms with Gasteiger partial charge in [0, 0.05) is 70.9 Å². The molecular weight excluding hydrogens is 443 g/mol. The average Bonchev–Trinajstić information content (AvgIpc) is 3.42. The normalized spacial score (nSPS) is 19.4. The third-order valence-electron chi connectivity index (χ3n) is 6.54. The van der Waals surface area contributed by atoms with Crippen molar-refractivity contribution in [3.63, 3.8) is 0 Å². The van der Waals surface area contributed by atoms with Crippen LogP contribution in [0.25, 0.3) is 5.70 Å². The Balaban J connectivity index is 1.60. The molecule has 184 valence electrons. The van der Waals surface area contributed by atoms with Crippen LogP contribution in [0.4, 0.5) is 0 Å². The lowest BCUT2D eigenvalue weighted by atomic mass is 10.1. The number of rotatable bonds is 9. The second kappa shape index (κ2) is 11.0. The number of aliphatic imine (C=N–C) groups is 1. The van der Waals surface area contributed by atoms with E-state index >= 15 is 0 Å². The Morgan fingerprint density at radius 2 is 1.82 bits per heavy atom. The molecule has 1 atom stereocenters. The van der Waals surface area contributed by atoms with E-state index in [0.29, 0.717) is 12.1 Å². The molecular formula is C25H39N8P. The highest BCUT2D eigenvalue weighted by Crippen LogP contribution is 2.33. The van der Waals surface area contributed by atoms with E-state index in [2.05, 4.69) is 95.3 Å². The van der Waals surface area contributed by atoms with Crippen molar-refractivity contribution < 1.29 is 0 Å². The standard InChI is InChI=1S/C25H39N8P/c1-7-10-22-11-24(19-12-26-32(14-19)21(8-2)9-3)28-25(18-30(22)6)20-13-27-33(15-20)23-16-31(17-23)34-29(4)5/h10,12-15,18,21,23,34H,7-9,11,16-17H2,1-6H3/b22-10-. The smallest absolute Gasteiger partial charge is 0.0898 e. The molecule has 0 saturated carbocycles. The highest BCUT2D eigenvalue weighted by molar-refractivity contribution is 7.32. The summed E-state index contributed by atoms with van der Waals surface area (Å²) in [5.74, 6) is 0. The van der Waals surface area contributed by atoms with Crippen LogP contribution in [-0.4, -0.2) is 73.7 Å². The summed E-state index contributed by atoms with van der Waals surface area (Å²) in [6, 6.07) is 0.861. The lowest BCUT2D eigenvalue weighted by Crippen LogP contribution is -2.43. The van der Waals surface area contributed by atoms with Gasteiger partial charge in [-0.3, -0.25) is 23.7 Å². The summed E-state index contributed by atoms with van der Waals surface area (Å²) in [6.07, 6.45) is 16.6. The van der Waals surface area contributed by atoms with Gasteiger partial charge in [-0.25, -0.2) is 0 Å². The molecule has 9 heteroatoms. The largest absolute Gasteiger partial charge is 0.352 e. The Labute approximate surface area is 205 Å². The van der Waals surface area contributed by atoms with Crippen molar-refractivity contribution in [1.82, 2.24) is 33.8 Å². The Bertz CT molecular complexity index is 1050. The van der Waals surface area contributed by atoms with Crippen LogP contribution in [0.3, 0.4) is 0 Å². The maximum atomic E-state index is 5.17. The summed E-state index contributed by atoms with van der Waals surface area (Å²) < 4.78 is 8.91. The summed E-state index contributed by atoms with van der Waals surface area (Å²) in [4.78, 5) is 7.38. The van der Waals surface area contributed by atoms with Crippen LogP contribution in [0, 0.1) is 0 Å². The van der Waals surface area contributed by atoms with Crippen LogP contribution < -0.4 is 0 Å². The maximum absolute atomic E-state index is 5.17. The first kappa shape index (κ1) is 24.8. The quantitative estimate of drug-likeness (QED) is 0.481. The van der Waals surface area contributed by atoms with Gasteiger partial charge in [0.25, 0.3) is 0 Å². The molecule has 0 N–H and O–H groups in total. The molecule has 0 amide bonds. The molecule has 34 heavy (non-hydrogen) atoms. The minimum absolute atomic E-state index is 0.428. The van der Waals surface area contributed by atoms with Gasteiger partial charge in [0.05, 0.1) is 35.9 Å². The van der Waals surface area contributed by atoms with Gasteiger partial charge in [0.1, 0.15) is 0 Å². The van der Waals surface area contributed by atoms with Gasteiger partial charge in [0.2, 0.25) is 0 Å². The van der Waals surface area contributed by atoms with Gasteiger partial charge < -0.3 is 4.90 Å². The maximum Gasteiger partial charge on any atom is 0.0898 e. The molecule has 0 radical (unpaired) electrons. The van der Waals surface area contributed by atoms with Gasteiger partial charge >= 0.3 is 0 Å². The molecule has 1 unspecified atom stereocenters. The van der Waals surface area contributed by atoms with Gasteiger partial charge in [-0.2, -0.15) is 10.2 Å².